The Bertz CT molecular complexity index is 904. The number of ether oxygens (including phenoxy) is 1. The van der Waals surface area contributed by atoms with E-state index in [0.717, 1.165) is 18.1 Å². The summed E-state index contributed by atoms with van der Waals surface area (Å²) in [4.78, 5) is 0.0877. The number of nitrogens with two attached hydrogens (primary N) is 1. The highest BCUT2D eigenvalue weighted by Crippen LogP contribution is 2.47. The quantitative estimate of drug-likeness (QED) is 0.900. The minimum absolute atomic E-state index is 0.0877. The first-order chi connectivity index (χ1) is 11.4. The van der Waals surface area contributed by atoms with Gasteiger partial charge < -0.3 is 4.74 Å². The second-order valence-corrected chi connectivity index (χ2v) is 7.34. The van der Waals surface area contributed by atoms with Crippen LogP contribution in [0.25, 0.3) is 0 Å². The van der Waals surface area contributed by atoms with Crippen LogP contribution in [0.2, 0.25) is 0 Å². The van der Waals surface area contributed by atoms with E-state index in [1.165, 1.54) is 24.3 Å². The third kappa shape index (κ3) is 3.55. The van der Waals surface area contributed by atoms with Gasteiger partial charge in [-0.3, -0.25) is 0 Å². The molecule has 1 aliphatic rings. The predicted octanol–water partition coefficient (Wildman–Crippen LogP) is 2.53. The zero-order valence-corrected chi connectivity index (χ0v) is 13.5. The molecule has 24 heavy (non-hydrogen) atoms. The van der Waals surface area contributed by atoms with Gasteiger partial charge in [0.05, 0.1) is 17.1 Å². The lowest BCUT2D eigenvalue weighted by molar-refractivity contribution is 0.295. The average molecular weight is 346 g/mol. The van der Waals surface area contributed by atoms with E-state index in [0.29, 0.717) is 12.4 Å². The Morgan fingerprint density at radius 2 is 1.96 bits per heavy atom. The molecule has 1 fully saturated rings. The molecule has 0 radical (unpaired) electrons. The molecule has 5 nitrogen and oxygen atoms in total. The standard InChI is InChI=1S/C17H15FN2O3S/c18-14-3-6-17(12(7-14)9-19)23-10-13-8-16(13)11-1-4-15(5-2-11)24(20,21)22/h1-7,13,16H,8,10H2,(H2,20,21,22)/t13-,16-/m0/s1. The van der Waals surface area contributed by atoms with Crippen LogP contribution in [0.3, 0.4) is 0 Å². The largest absolute Gasteiger partial charge is 0.492 e. The summed E-state index contributed by atoms with van der Waals surface area (Å²) in [7, 11) is -3.68. The Morgan fingerprint density at radius 3 is 2.58 bits per heavy atom. The summed E-state index contributed by atoms with van der Waals surface area (Å²) in [5.74, 6) is 0.458. The van der Waals surface area contributed by atoms with E-state index in [2.05, 4.69) is 0 Å². The average Bonchev–Trinajstić information content (AvgIpc) is 3.32. The lowest BCUT2D eigenvalue weighted by atomic mass is 10.1. The summed E-state index contributed by atoms with van der Waals surface area (Å²) < 4.78 is 41.2. The first-order valence-corrected chi connectivity index (χ1v) is 8.88. The van der Waals surface area contributed by atoms with Gasteiger partial charge in [-0.05, 0) is 48.2 Å². The molecule has 0 amide bonds. The number of nitriles is 1. The van der Waals surface area contributed by atoms with Crippen LogP contribution in [0.15, 0.2) is 47.4 Å². The van der Waals surface area contributed by atoms with Crippen LogP contribution in [0.4, 0.5) is 4.39 Å². The van der Waals surface area contributed by atoms with E-state index < -0.39 is 15.8 Å². The first-order valence-electron chi connectivity index (χ1n) is 7.33. The second-order valence-electron chi connectivity index (χ2n) is 5.78. The summed E-state index contributed by atoms with van der Waals surface area (Å²) in [6, 6.07) is 12.3. The number of halogens is 1. The van der Waals surface area contributed by atoms with E-state index in [1.54, 1.807) is 12.1 Å². The van der Waals surface area contributed by atoms with E-state index in [9.17, 15) is 12.8 Å². The summed E-state index contributed by atoms with van der Waals surface area (Å²) in [5, 5.41) is 14.1. The molecule has 1 saturated carbocycles. The monoisotopic (exact) mass is 346 g/mol. The van der Waals surface area contributed by atoms with Crippen LogP contribution in [0.5, 0.6) is 5.75 Å². The molecule has 0 aliphatic heterocycles. The third-order valence-electron chi connectivity index (χ3n) is 4.07. The van der Waals surface area contributed by atoms with E-state index in [1.807, 2.05) is 6.07 Å². The molecule has 0 heterocycles. The summed E-state index contributed by atoms with van der Waals surface area (Å²) in [6.07, 6.45) is 0.914. The van der Waals surface area contributed by atoms with Gasteiger partial charge in [0.2, 0.25) is 10.0 Å². The van der Waals surface area contributed by atoms with Gasteiger partial charge in [0, 0.05) is 5.92 Å². The van der Waals surface area contributed by atoms with E-state index >= 15 is 0 Å². The van der Waals surface area contributed by atoms with Crippen LogP contribution >= 0.6 is 0 Å². The highest BCUT2D eigenvalue weighted by molar-refractivity contribution is 7.89. The summed E-state index contributed by atoms with van der Waals surface area (Å²) >= 11 is 0. The van der Waals surface area contributed by atoms with Gasteiger partial charge in [0.25, 0.3) is 0 Å². The number of hydrogen-bond donors (Lipinski definition) is 1. The van der Waals surface area contributed by atoms with Crippen LogP contribution < -0.4 is 9.88 Å². The van der Waals surface area contributed by atoms with Crippen molar-refractivity contribution in [1.82, 2.24) is 0 Å². The molecule has 0 spiro atoms. The third-order valence-corrected chi connectivity index (χ3v) is 5.00. The molecule has 2 atom stereocenters. The van der Waals surface area contributed by atoms with Crippen molar-refractivity contribution in [1.29, 1.82) is 5.26 Å². The van der Waals surface area contributed by atoms with Crippen molar-refractivity contribution in [3.63, 3.8) is 0 Å². The molecule has 0 saturated heterocycles. The Balaban J connectivity index is 1.62. The minimum Gasteiger partial charge on any atom is -0.492 e. The van der Waals surface area contributed by atoms with Crippen molar-refractivity contribution in [2.45, 2.75) is 17.2 Å². The van der Waals surface area contributed by atoms with Crippen molar-refractivity contribution < 1.29 is 17.5 Å². The van der Waals surface area contributed by atoms with Crippen LogP contribution in [-0.2, 0) is 10.0 Å². The molecular formula is C17H15FN2O3S. The summed E-state index contributed by atoms with van der Waals surface area (Å²) in [5.41, 5.74) is 1.19. The molecule has 1 aliphatic carbocycles. The minimum atomic E-state index is -3.68. The highest BCUT2D eigenvalue weighted by Gasteiger charge is 2.39. The molecule has 2 aromatic carbocycles. The van der Waals surface area contributed by atoms with Gasteiger partial charge >= 0.3 is 0 Å². The van der Waals surface area contributed by atoms with Crippen molar-refractivity contribution in [2.24, 2.45) is 11.1 Å². The molecule has 3 rings (SSSR count). The lowest BCUT2D eigenvalue weighted by Gasteiger charge is -2.08. The fourth-order valence-corrected chi connectivity index (χ4v) is 3.17. The smallest absolute Gasteiger partial charge is 0.238 e. The zero-order chi connectivity index (χ0) is 17.3. The zero-order valence-electron chi connectivity index (χ0n) is 12.6. The molecule has 2 aromatic rings. The maximum Gasteiger partial charge on any atom is 0.238 e. The van der Waals surface area contributed by atoms with Crippen molar-refractivity contribution in [3.05, 3.63) is 59.4 Å². The molecule has 0 unspecified atom stereocenters. The van der Waals surface area contributed by atoms with Crippen molar-refractivity contribution in [2.75, 3.05) is 6.61 Å². The number of hydrogen-bond acceptors (Lipinski definition) is 4. The SMILES string of the molecule is N#Cc1cc(F)ccc1OC[C@@H]1C[C@H]1c1ccc(S(N)(=O)=O)cc1. The number of sulfonamides is 1. The van der Waals surface area contributed by atoms with Gasteiger partial charge in [-0.25, -0.2) is 17.9 Å². The molecular weight excluding hydrogens is 331 g/mol. The van der Waals surface area contributed by atoms with Gasteiger partial charge in [-0.15, -0.1) is 0 Å². The maximum atomic E-state index is 13.1. The number of nitrogens with zero attached hydrogens (tertiary/aromatic N) is 1. The van der Waals surface area contributed by atoms with Crippen LogP contribution in [0.1, 0.15) is 23.5 Å². The molecule has 2 N–H and O–H groups in total. The highest BCUT2D eigenvalue weighted by atomic mass is 32.2. The molecule has 0 bridgehead atoms. The lowest BCUT2D eigenvalue weighted by Crippen LogP contribution is -2.11. The normalized spacial score (nSPS) is 19.5. The second kappa shape index (κ2) is 6.23. The van der Waals surface area contributed by atoms with Gasteiger partial charge in [0.1, 0.15) is 17.6 Å². The first kappa shape index (κ1) is 16.4. The fraction of sp³-hybridized carbons (Fsp3) is 0.235. The van der Waals surface area contributed by atoms with E-state index in [-0.39, 0.29) is 22.3 Å². The Labute approximate surface area is 139 Å². The number of rotatable bonds is 5. The van der Waals surface area contributed by atoms with Crippen molar-refractivity contribution in [3.8, 4) is 11.8 Å². The molecule has 0 aromatic heterocycles. The van der Waals surface area contributed by atoms with Crippen LogP contribution in [-0.4, -0.2) is 15.0 Å². The Hall–Kier alpha value is -2.43. The Morgan fingerprint density at radius 1 is 1.25 bits per heavy atom. The maximum absolute atomic E-state index is 13.1. The fourth-order valence-electron chi connectivity index (χ4n) is 2.66. The molecule has 124 valence electrons. The topological polar surface area (TPSA) is 93.2 Å². The van der Waals surface area contributed by atoms with E-state index in [4.69, 9.17) is 15.1 Å². The predicted molar refractivity (Wildman–Crippen MR) is 85.3 cm³/mol. The Kier molecular flexibility index (Phi) is 4.26. The van der Waals surface area contributed by atoms with Gasteiger partial charge in [-0.1, -0.05) is 12.1 Å². The summed E-state index contributed by atoms with van der Waals surface area (Å²) in [6.45, 7) is 0.419. The number of benzene rings is 2. The van der Waals surface area contributed by atoms with Crippen molar-refractivity contribution >= 4 is 10.0 Å². The van der Waals surface area contributed by atoms with Crippen LogP contribution in [0, 0.1) is 23.1 Å². The van der Waals surface area contributed by atoms with Gasteiger partial charge in [-0.2, -0.15) is 5.26 Å². The van der Waals surface area contributed by atoms with Gasteiger partial charge in [0.15, 0.2) is 0 Å². The molecule has 7 heteroatoms. The number of primary sulfonamides is 1.